The zero-order valence-electron chi connectivity index (χ0n) is 10.9. The van der Waals surface area contributed by atoms with Gasteiger partial charge in [-0.15, -0.1) is 0 Å². The summed E-state index contributed by atoms with van der Waals surface area (Å²) >= 11 is 11.9. The standard InChI is InChI=1S/C14H12Cl2N2O3/c15-7-1-4-9(10(16)5-7)14(21)18(8-2-3-8)11-6-12(19)17-13(11)20/h1,4-5,8,11H,2-3,6H2,(H,17,19,20). The number of carbonyl (C=O) groups excluding carboxylic acids is 3. The Balaban J connectivity index is 1.92. The van der Waals surface area contributed by atoms with Crippen molar-refractivity contribution in [1.29, 1.82) is 0 Å². The molecule has 1 atom stereocenters. The van der Waals surface area contributed by atoms with Gasteiger partial charge in [0.15, 0.2) is 0 Å². The van der Waals surface area contributed by atoms with Crippen LogP contribution in [0.3, 0.4) is 0 Å². The fraction of sp³-hybridized carbons (Fsp3) is 0.357. The number of imide groups is 1. The topological polar surface area (TPSA) is 66.5 Å². The van der Waals surface area contributed by atoms with Gasteiger partial charge >= 0.3 is 0 Å². The third-order valence-electron chi connectivity index (χ3n) is 3.62. The van der Waals surface area contributed by atoms with Gasteiger partial charge in [-0.2, -0.15) is 0 Å². The summed E-state index contributed by atoms with van der Waals surface area (Å²) in [5.41, 5.74) is 0.292. The summed E-state index contributed by atoms with van der Waals surface area (Å²) in [6.45, 7) is 0. The molecule has 3 rings (SSSR count). The Bertz CT molecular complexity index is 643. The molecular weight excluding hydrogens is 315 g/mol. The van der Waals surface area contributed by atoms with Crippen molar-refractivity contribution in [1.82, 2.24) is 10.2 Å². The van der Waals surface area contributed by atoms with E-state index in [2.05, 4.69) is 5.32 Å². The molecule has 1 aliphatic carbocycles. The van der Waals surface area contributed by atoms with Crippen molar-refractivity contribution >= 4 is 40.9 Å². The lowest BCUT2D eigenvalue weighted by atomic mass is 10.1. The van der Waals surface area contributed by atoms with Gasteiger partial charge in [0.05, 0.1) is 17.0 Å². The maximum absolute atomic E-state index is 12.7. The molecule has 5 nitrogen and oxygen atoms in total. The van der Waals surface area contributed by atoms with Crippen LogP contribution < -0.4 is 5.32 Å². The Morgan fingerprint density at radius 1 is 1.24 bits per heavy atom. The number of carbonyl (C=O) groups is 3. The third-order valence-corrected chi connectivity index (χ3v) is 4.16. The van der Waals surface area contributed by atoms with E-state index in [1.165, 1.54) is 17.0 Å². The number of hydrogen-bond donors (Lipinski definition) is 1. The largest absolute Gasteiger partial charge is 0.323 e. The summed E-state index contributed by atoms with van der Waals surface area (Å²) < 4.78 is 0. The number of nitrogens with one attached hydrogen (secondary N) is 1. The average molecular weight is 327 g/mol. The molecule has 1 heterocycles. The van der Waals surface area contributed by atoms with Crippen LogP contribution >= 0.6 is 23.2 Å². The van der Waals surface area contributed by atoms with E-state index in [4.69, 9.17) is 23.2 Å². The van der Waals surface area contributed by atoms with E-state index in [0.717, 1.165) is 12.8 Å². The Labute approximate surface area is 131 Å². The van der Waals surface area contributed by atoms with E-state index in [1.54, 1.807) is 6.07 Å². The Morgan fingerprint density at radius 3 is 2.48 bits per heavy atom. The number of hydrogen-bond acceptors (Lipinski definition) is 3. The van der Waals surface area contributed by atoms with Crippen molar-refractivity contribution in [2.24, 2.45) is 0 Å². The molecule has 1 saturated carbocycles. The molecule has 110 valence electrons. The quantitative estimate of drug-likeness (QED) is 0.864. The molecule has 1 unspecified atom stereocenters. The van der Waals surface area contributed by atoms with Gasteiger partial charge in [0.25, 0.3) is 5.91 Å². The lowest BCUT2D eigenvalue weighted by Crippen LogP contribution is -2.46. The Hall–Kier alpha value is -1.59. The number of benzene rings is 1. The van der Waals surface area contributed by atoms with Crippen LogP contribution in [0.25, 0.3) is 0 Å². The fourth-order valence-corrected chi connectivity index (χ4v) is 2.97. The van der Waals surface area contributed by atoms with Crippen LogP contribution in [0.2, 0.25) is 10.0 Å². The summed E-state index contributed by atoms with van der Waals surface area (Å²) in [4.78, 5) is 37.4. The van der Waals surface area contributed by atoms with Gasteiger partial charge in [0.2, 0.25) is 11.8 Å². The van der Waals surface area contributed by atoms with Gasteiger partial charge in [0.1, 0.15) is 6.04 Å². The van der Waals surface area contributed by atoms with Crippen molar-refractivity contribution in [3.63, 3.8) is 0 Å². The zero-order chi connectivity index (χ0) is 15.1. The fourth-order valence-electron chi connectivity index (χ4n) is 2.48. The van der Waals surface area contributed by atoms with Crippen LogP contribution in [0, 0.1) is 0 Å². The van der Waals surface area contributed by atoms with E-state index in [0.29, 0.717) is 10.6 Å². The summed E-state index contributed by atoms with van der Waals surface area (Å²) in [6.07, 6.45) is 1.66. The molecule has 1 aliphatic heterocycles. The minimum Gasteiger partial charge on any atom is -0.323 e. The van der Waals surface area contributed by atoms with Gasteiger partial charge in [-0.25, -0.2) is 0 Å². The second-order valence-corrected chi connectivity index (χ2v) is 6.04. The summed E-state index contributed by atoms with van der Waals surface area (Å²) in [7, 11) is 0. The molecule has 1 aromatic rings. The molecule has 1 aromatic carbocycles. The summed E-state index contributed by atoms with van der Waals surface area (Å²) in [5, 5.41) is 2.91. The number of halogens is 2. The number of rotatable bonds is 3. The molecule has 0 bridgehead atoms. The highest BCUT2D eigenvalue weighted by atomic mass is 35.5. The van der Waals surface area contributed by atoms with E-state index in [9.17, 15) is 14.4 Å². The molecule has 3 amide bonds. The lowest BCUT2D eigenvalue weighted by molar-refractivity contribution is -0.126. The minimum atomic E-state index is -0.746. The average Bonchev–Trinajstić information content (AvgIpc) is 3.16. The first-order valence-corrected chi connectivity index (χ1v) is 7.34. The van der Waals surface area contributed by atoms with Gasteiger partial charge in [0, 0.05) is 11.1 Å². The van der Waals surface area contributed by atoms with Crippen LogP contribution in [0.1, 0.15) is 29.6 Å². The summed E-state index contributed by atoms with van der Waals surface area (Å²) in [5.74, 6) is -1.12. The predicted octanol–water partition coefficient (Wildman–Crippen LogP) is 2.01. The predicted molar refractivity (Wildman–Crippen MR) is 77.2 cm³/mol. The second kappa shape index (κ2) is 5.31. The van der Waals surface area contributed by atoms with Crippen molar-refractivity contribution in [3.8, 4) is 0 Å². The highest BCUT2D eigenvalue weighted by Crippen LogP contribution is 2.33. The second-order valence-electron chi connectivity index (χ2n) is 5.20. The molecule has 21 heavy (non-hydrogen) atoms. The molecule has 2 fully saturated rings. The minimum absolute atomic E-state index is 0.00623. The van der Waals surface area contributed by atoms with Crippen molar-refractivity contribution in [2.45, 2.75) is 31.3 Å². The van der Waals surface area contributed by atoms with Gasteiger partial charge in [-0.1, -0.05) is 23.2 Å². The van der Waals surface area contributed by atoms with E-state index in [1.807, 2.05) is 0 Å². The maximum atomic E-state index is 12.7. The molecule has 1 saturated heterocycles. The molecule has 0 spiro atoms. The van der Waals surface area contributed by atoms with Crippen LogP contribution in [0.5, 0.6) is 0 Å². The monoisotopic (exact) mass is 326 g/mol. The molecule has 7 heteroatoms. The zero-order valence-corrected chi connectivity index (χ0v) is 12.4. The first-order valence-electron chi connectivity index (χ1n) is 6.59. The maximum Gasteiger partial charge on any atom is 0.256 e. The molecule has 2 aliphatic rings. The van der Waals surface area contributed by atoms with Crippen LogP contribution in [-0.2, 0) is 9.59 Å². The summed E-state index contributed by atoms with van der Waals surface area (Å²) in [6, 6.07) is 3.85. The Morgan fingerprint density at radius 2 is 1.95 bits per heavy atom. The van der Waals surface area contributed by atoms with E-state index in [-0.39, 0.29) is 29.3 Å². The highest BCUT2D eigenvalue weighted by Gasteiger charge is 2.45. The smallest absolute Gasteiger partial charge is 0.256 e. The molecule has 0 aromatic heterocycles. The highest BCUT2D eigenvalue weighted by molar-refractivity contribution is 6.36. The molecule has 1 N–H and O–H groups in total. The molecular formula is C14H12Cl2N2O3. The van der Waals surface area contributed by atoms with Crippen molar-refractivity contribution in [3.05, 3.63) is 33.8 Å². The van der Waals surface area contributed by atoms with E-state index >= 15 is 0 Å². The van der Waals surface area contributed by atoms with Gasteiger partial charge in [-0.05, 0) is 31.0 Å². The first-order chi connectivity index (χ1) is 9.97. The third kappa shape index (κ3) is 2.76. The number of nitrogens with zero attached hydrogens (tertiary/aromatic N) is 1. The molecule has 0 radical (unpaired) electrons. The SMILES string of the molecule is O=C1CC(N(C(=O)c2ccc(Cl)cc2Cl)C2CC2)C(=O)N1. The van der Waals surface area contributed by atoms with Crippen molar-refractivity contribution in [2.75, 3.05) is 0 Å². The van der Waals surface area contributed by atoms with Gasteiger partial charge in [-0.3, -0.25) is 19.7 Å². The Kier molecular flexibility index (Phi) is 3.63. The van der Waals surface area contributed by atoms with E-state index < -0.39 is 11.9 Å². The van der Waals surface area contributed by atoms with Crippen molar-refractivity contribution < 1.29 is 14.4 Å². The van der Waals surface area contributed by atoms with Crippen LogP contribution in [0.15, 0.2) is 18.2 Å². The lowest BCUT2D eigenvalue weighted by Gasteiger charge is -2.27. The number of amides is 3. The normalized spacial score (nSPS) is 21.3. The van der Waals surface area contributed by atoms with Crippen LogP contribution in [-0.4, -0.2) is 34.7 Å². The first kappa shape index (κ1) is 14.4. The van der Waals surface area contributed by atoms with Gasteiger partial charge < -0.3 is 4.90 Å². The van der Waals surface area contributed by atoms with Crippen LogP contribution in [0.4, 0.5) is 0 Å².